The minimum Gasteiger partial charge on any atom is -0.497 e. The Bertz CT molecular complexity index is 435. The number of guanidine groups is 1. The molecule has 0 heterocycles. The Hall–Kier alpha value is -1.91. The monoisotopic (exact) mass is 293 g/mol. The molecule has 0 saturated carbocycles. The van der Waals surface area contributed by atoms with E-state index in [2.05, 4.69) is 29.5 Å². The van der Waals surface area contributed by atoms with Crippen molar-refractivity contribution < 1.29 is 9.47 Å². The molecule has 0 spiro atoms. The number of rotatable bonds is 8. The Balaban J connectivity index is 2.21. The third-order valence-corrected chi connectivity index (χ3v) is 3.14. The molecule has 0 bridgehead atoms. The van der Waals surface area contributed by atoms with Crippen LogP contribution >= 0.6 is 0 Å². The second kappa shape index (κ2) is 9.91. The highest BCUT2D eigenvalue weighted by Gasteiger charge is 2.02. The summed E-state index contributed by atoms with van der Waals surface area (Å²) in [6.45, 7) is 5.76. The molecule has 5 nitrogen and oxygen atoms in total. The lowest BCUT2D eigenvalue weighted by Crippen LogP contribution is -2.42. The number of methoxy groups -OCH3 is 1. The zero-order valence-corrected chi connectivity index (χ0v) is 13.5. The predicted octanol–water partition coefficient (Wildman–Crippen LogP) is 2.43. The van der Waals surface area contributed by atoms with Gasteiger partial charge in [-0.1, -0.05) is 13.0 Å². The Labute approximate surface area is 127 Å². The Morgan fingerprint density at radius 3 is 2.76 bits per heavy atom. The van der Waals surface area contributed by atoms with Crippen molar-refractivity contribution in [2.75, 3.05) is 27.3 Å². The molecule has 0 aliphatic carbocycles. The van der Waals surface area contributed by atoms with Gasteiger partial charge in [-0.05, 0) is 31.9 Å². The first kappa shape index (κ1) is 17.1. The second-order valence-corrected chi connectivity index (χ2v) is 4.83. The van der Waals surface area contributed by atoms with Crippen LogP contribution in [-0.4, -0.2) is 39.3 Å². The summed E-state index contributed by atoms with van der Waals surface area (Å²) in [6, 6.07) is 8.06. The molecule has 1 atom stereocenters. The van der Waals surface area contributed by atoms with E-state index in [-0.39, 0.29) is 0 Å². The zero-order chi connectivity index (χ0) is 15.5. The fourth-order valence-electron chi connectivity index (χ4n) is 1.69. The van der Waals surface area contributed by atoms with Gasteiger partial charge in [0.2, 0.25) is 0 Å². The minimum absolute atomic E-state index is 0.421. The maximum atomic E-state index is 5.69. The molecule has 0 aliphatic rings. The highest BCUT2D eigenvalue weighted by Crippen LogP contribution is 2.18. The normalized spacial score (nSPS) is 12.7. The zero-order valence-electron chi connectivity index (χ0n) is 13.5. The highest BCUT2D eigenvalue weighted by atomic mass is 16.5. The molecular weight excluding hydrogens is 266 g/mol. The molecule has 1 rings (SSSR count). The smallest absolute Gasteiger partial charge is 0.191 e. The van der Waals surface area contributed by atoms with Crippen LogP contribution < -0.4 is 20.1 Å². The van der Waals surface area contributed by atoms with Gasteiger partial charge >= 0.3 is 0 Å². The molecule has 0 radical (unpaired) electrons. The summed E-state index contributed by atoms with van der Waals surface area (Å²) in [5.41, 5.74) is 0. The number of nitrogens with zero attached hydrogens (tertiary/aromatic N) is 1. The van der Waals surface area contributed by atoms with Gasteiger partial charge in [0, 0.05) is 25.7 Å². The number of ether oxygens (including phenoxy) is 2. The van der Waals surface area contributed by atoms with Crippen LogP contribution in [0.2, 0.25) is 0 Å². The number of aliphatic imine (C=N–C) groups is 1. The maximum Gasteiger partial charge on any atom is 0.191 e. The molecule has 5 heteroatoms. The Kier molecular flexibility index (Phi) is 8.09. The molecule has 0 amide bonds. The number of hydrogen-bond donors (Lipinski definition) is 2. The summed E-state index contributed by atoms with van der Waals surface area (Å²) in [7, 11) is 3.43. The third-order valence-electron chi connectivity index (χ3n) is 3.14. The predicted molar refractivity (Wildman–Crippen MR) is 87.4 cm³/mol. The molecule has 2 N–H and O–H groups in total. The molecule has 118 valence electrons. The number of hydrogen-bond acceptors (Lipinski definition) is 3. The lowest BCUT2D eigenvalue weighted by Gasteiger charge is -2.16. The maximum absolute atomic E-state index is 5.69. The molecule has 1 aromatic carbocycles. The topological polar surface area (TPSA) is 54.9 Å². The van der Waals surface area contributed by atoms with E-state index in [1.54, 1.807) is 14.2 Å². The van der Waals surface area contributed by atoms with Crippen LogP contribution in [0.3, 0.4) is 0 Å². The molecular formula is C16H27N3O2. The van der Waals surface area contributed by atoms with Crippen LogP contribution in [0, 0.1) is 0 Å². The Morgan fingerprint density at radius 2 is 2.10 bits per heavy atom. The van der Waals surface area contributed by atoms with Gasteiger partial charge in [0.1, 0.15) is 11.5 Å². The van der Waals surface area contributed by atoms with E-state index in [1.165, 1.54) is 0 Å². The quantitative estimate of drug-likeness (QED) is 0.439. The second-order valence-electron chi connectivity index (χ2n) is 4.83. The molecule has 21 heavy (non-hydrogen) atoms. The Morgan fingerprint density at radius 1 is 1.33 bits per heavy atom. The van der Waals surface area contributed by atoms with Crippen LogP contribution in [0.5, 0.6) is 11.5 Å². The van der Waals surface area contributed by atoms with Gasteiger partial charge in [0.15, 0.2) is 5.96 Å². The summed E-state index contributed by atoms with van der Waals surface area (Å²) in [4.78, 5) is 4.19. The molecule has 0 fully saturated rings. The van der Waals surface area contributed by atoms with E-state index >= 15 is 0 Å². The van der Waals surface area contributed by atoms with E-state index in [0.29, 0.717) is 12.6 Å². The average molecular weight is 293 g/mol. The van der Waals surface area contributed by atoms with Crippen LogP contribution in [0.1, 0.15) is 26.7 Å². The molecule has 0 aromatic heterocycles. The van der Waals surface area contributed by atoms with Crippen molar-refractivity contribution in [3.63, 3.8) is 0 Å². The summed E-state index contributed by atoms with van der Waals surface area (Å²) in [5.74, 6) is 2.48. The SMILES string of the molecule is CCC(C)NC(=NC)NCCCOc1cccc(OC)c1. The molecule has 0 aliphatic heterocycles. The first-order valence-electron chi connectivity index (χ1n) is 7.43. The molecule has 1 unspecified atom stereocenters. The summed E-state index contributed by atoms with van der Waals surface area (Å²) in [5, 5.41) is 6.60. The van der Waals surface area contributed by atoms with E-state index in [0.717, 1.165) is 36.8 Å². The van der Waals surface area contributed by atoms with Gasteiger partial charge in [-0.3, -0.25) is 4.99 Å². The summed E-state index contributed by atoms with van der Waals surface area (Å²) >= 11 is 0. The van der Waals surface area contributed by atoms with Crippen molar-refractivity contribution in [3.05, 3.63) is 24.3 Å². The minimum atomic E-state index is 0.421. The highest BCUT2D eigenvalue weighted by molar-refractivity contribution is 5.79. The van der Waals surface area contributed by atoms with Gasteiger partial charge in [-0.2, -0.15) is 0 Å². The van der Waals surface area contributed by atoms with Crippen molar-refractivity contribution in [2.45, 2.75) is 32.7 Å². The summed E-state index contributed by atoms with van der Waals surface area (Å²) < 4.78 is 10.8. The standard InChI is InChI=1S/C16H27N3O2/c1-5-13(2)19-16(17-3)18-10-7-11-21-15-9-6-8-14(12-15)20-4/h6,8-9,12-13H,5,7,10-11H2,1-4H3,(H2,17,18,19). The lowest BCUT2D eigenvalue weighted by atomic mass is 10.3. The fourth-order valence-corrected chi connectivity index (χ4v) is 1.69. The lowest BCUT2D eigenvalue weighted by molar-refractivity contribution is 0.308. The van der Waals surface area contributed by atoms with E-state index in [1.807, 2.05) is 24.3 Å². The largest absolute Gasteiger partial charge is 0.497 e. The van der Waals surface area contributed by atoms with Crippen LogP contribution in [0.15, 0.2) is 29.3 Å². The van der Waals surface area contributed by atoms with E-state index in [9.17, 15) is 0 Å². The van der Waals surface area contributed by atoms with E-state index in [4.69, 9.17) is 9.47 Å². The first-order chi connectivity index (χ1) is 10.2. The van der Waals surface area contributed by atoms with Gasteiger partial charge < -0.3 is 20.1 Å². The van der Waals surface area contributed by atoms with Crippen molar-refractivity contribution in [1.29, 1.82) is 0 Å². The van der Waals surface area contributed by atoms with E-state index < -0.39 is 0 Å². The van der Waals surface area contributed by atoms with Crippen LogP contribution in [-0.2, 0) is 0 Å². The average Bonchev–Trinajstić information content (AvgIpc) is 2.53. The van der Waals surface area contributed by atoms with Crippen molar-refractivity contribution in [1.82, 2.24) is 10.6 Å². The first-order valence-corrected chi connectivity index (χ1v) is 7.43. The number of benzene rings is 1. The molecule has 1 aromatic rings. The van der Waals surface area contributed by atoms with Crippen LogP contribution in [0.25, 0.3) is 0 Å². The van der Waals surface area contributed by atoms with Gasteiger partial charge in [0.05, 0.1) is 13.7 Å². The van der Waals surface area contributed by atoms with Crippen molar-refractivity contribution >= 4 is 5.96 Å². The van der Waals surface area contributed by atoms with Crippen molar-refractivity contribution in [2.24, 2.45) is 4.99 Å². The molecule has 0 saturated heterocycles. The van der Waals surface area contributed by atoms with Crippen LogP contribution in [0.4, 0.5) is 0 Å². The summed E-state index contributed by atoms with van der Waals surface area (Å²) in [6.07, 6.45) is 1.97. The van der Waals surface area contributed by atoms with Crippen molar-refractivity contribution in [3.8, 4) is 11.5 Å². The fraction of sp³-hybridized carbons (Fsp3) is 0.562. The van der Waals surface area contributed by atoms with Gasteiger partial charge in [-0.15, -0.1) is 0 Å². The third kappa shape index (κ3) is 6.88. The van der Waals surface area contributed by atoms with Gasteiger partial charge in [0.25, 0.3) is 0 Å². The van der Waals surface area contributed by atoms with Gasteiger partial charge in [-0.25, -0.2) is 0 Å². The number of nitrogens with one attached hydrogen (secondary N) is 2.